The summed E-state index contributed by atoms with van der Waals surface area (Å²) in [6.45, 7) is -0.581. The van der Waals surface area contributed by atoms with Gasteiger partial charge in [0.25, 0.3) is 0 Å². The van der Waals surface area contributed by atoms with Crippen molar-refractivity contribution >= 4 is 17.3 Å². The van der Waals surface area contributed by atoms with Crippen molar-refractivity contribution in [2.45, 2.75) is 12.2 Å². The van der Waals surface area contributed by atoms with E-state index in [4.69, 9.17) is 0 Å². The molecule has 1 unspecified atom stereocenters. The number of anilines is 2. The third-order valence-electron chi connectivity index (χ3n) is 4.93. The Kier molecular flexibility index (Phi) is 4.41. The van der Waals surface area contributed by atoms with Gasteiger partial charge >= 0.3 is 5.97 Å². The number of carboxylic acid groups (broad SMARTS) is 1. The lowest BCUT2D eigenvalue weighted by Crippen LogP contribution is -2.55. The van der Waals surface area contributed by atoms with E-state index in [1.165, 1.54) is 18.2 Å². The van der Waals surface area contributed by atoms with Gasteiger partial charge < -0.3 is 15.3 Å². The number of nitrogens with zero attached hydrogens (tertiary/aromatic N) is 1. The summed E-state index contributed by atoms with van der Waals surface area (Å²) >= 11 is 0. The van der Waals surface area contributed by atoms with Crippen molar-refractivity contribution in [1.29, 1.82) is 0 Å². The van der Waals surface area contributed by atoms with Gasteiger partial charge in [0.15, 0.2) is 0 Å². The molecule has 0 aliphatic carbocycles. The van der Waals surface area contributed by atoms with Crippen molar-refractivity contribution in [3.05, 3.63) is 95.1 Å². The van der Waals surface area contributed by atoms with Crippen LogP contribution in [0.4, 0.5) is 28.9 Å². The highest BCUT2D eigenvalue weighted by Crippen LogP contribution is 2.47. The summed E-state index contributed by atoms with van der Waals surface area (Å²) in [5.41, 5.74) is -3.16. The third-order valence-corrected chi connectivity index (χ3v) is 4.93. The summed E-state index contributed by atoms with van der Waals surface area (Å²) in [6.07, 6.45) is 0. The van der Waals surface area contributed by atoms with Gasteiger partial charge in [-0.2, -0.15) is 0 Å². The maximum atomic E-state index is 14.7. The third kappa shape index (κ3) is 2.79. The van der Waals surface area contributed by atoms with Crippen LogP contribution in [-0.2, 0) is 17.0 Å². The highest BCUT2D eigenvalue weighted by atomic mass is 19.1. The van der Waals surface area contributed by atoms with Crippen molar-refractivity contribution in [2.24, 2.45) is 0 Å². The Morgan fingerprint density at radius 2 is 1.41 bits per heavy atom. The van der Waals surface area contributed by atoms with Gasteiger partial charge in [-0.15, -0.1) is 0 Å². The quantitative estimate of drug-likeness (QED) is 0.626. The second-order valence-electron chi connectivity index (χ2n) is 6.54. The highest BCUT2D eigenvalue weighted by molar-refractivity contribution is 5.95. The number of carboxylic acids is 1. The fourth-order valence-corrected chi connectivity index (χ4v) is 3.62. The van der Waals surface area contributed by atoms with Crippen LogP contribution in [-0.4, -0.2) is 11.1 Å². The molecule has 1 aliphatic rings. The molecular formula is C21H14F4N2O2. The van der Waals surface area contributed by atoms with Crippen molar-refractivity contribution in [3.8, 4) is 0 Å². The van der Waals surface area contributed by atoms with Crippen LogP contribution in [0.3, 0.4) is 0 Å². The van der Waals surface area contributed by atoms with Crippen LogP contribution in [0.15, 0.2) is 60.7 Å². The molecule has 8 heteroatoms. The number of hydrogen-bond donors (Lipinski definition) is 2. The molecule has 1 heterocycles. The van der Waals surface area contributed by atoms with E-state index in [9.17, 15) is 27.5 Å². The van der Waals surface area contributed by atoms with Gasteiger partial charge in [0.1, 0.15) is 23.3 Å². The van der Waals surface area contributed by atoms with Crippen LogP contribution in [0.5, 0.6) is 0 Å². The molecule has 0 bridgehead atoms. The number of benzene rings is 3. The molecule has 4 nitrogen and oxygen atoms in total. The molecule has 0 radical (unpaired) electrons. The molecule has 3 aromatic carbocycles. The molecule has 0 saturated carbocycles. The zero-order valence-electron chi connectivity index (χ0n) is 14.8. The van der Waals surface area contributed by atoms with Crippen LogP contribution < -0.4 is 10.2 Å². The monoisotopic (exact) mass is 402 g/mol. The Bertz CT molecular complexity index is 1080. The van der Waals surface area contributed by atoms with Crippen molar-refractivity contribution in [2.75, 3.05) is 10.2 Å². The van der Waals surface area contributed by atoms with E-state index in [0.717, 1.165) is 35.2 Å². The first-order chi connectivity index (χ1) is 13.9. The Labute approximate surface area is 163 Å². The average molecular weight is 402 g/mol. The fourth-order valence-electron chi connectivity index (χ4n) is 3.62. The van der Waals surface area contributed by atoms with Crippen LogP contribution in [0.25, 0.3) is 0 Å². The summed E-state index contributed by atoms with van der Waals surface area (Å²) < 4.78 is 58.0. The van der Waals surface area contributed by atoms with Gasteiger partial charge in [-0.1, -0.05) is 24.3 Å². The average Bonchev–Trinajstić information content (AvgIpc) is 3.00. The van der Waals surface area contributed by atoms with E-state index in [1.54, 1.807) is 12.1 Å². The van der Waals surface area contributed by atoms with Gasteiger partial charge in [-0.25, -0.2) is 22.4 Å². The minimum absolute atomic E-state index is 0.236. The Morgan fingerprint density at radius 1 is 0.862 bits per heavy atom. The molecule has 148 valence electrons. The second kappa shape index (κ2) is 6.80. The minimum atomic E-state index is -2.45. The molecule has 0 fully saturated rings. The standard InChI is InChI=1S/C21H14F4N2O2/c22-13-5-3-6-14(23)12(13)11-27-18-10-2-1-9-17(18)26-21(27,20(28)29)19-15(24)7-4-8-16(19)25/h1-10,26H,11H2,(H,28,29). The van der Waals surface area contributed by atoms with Gasteiger partial charge in [-0.3, -0.25) is 0 Å². The van der Waals surface area contributed by atoms with Gasteiger partial charge in [-0.05, 0) is 36.4 Å². The lowest BCUT2D eigenvalue weighted by atomic mass is 9.96. The van der Waals surface area contributed by atoms with Gasteiger partial charge in [0, 0.05) is 5.56 Å². The Balaban J connectivity index is 1.98. The molecule has 0 saturated heterocycles. The predicted molar refractivity (Wildman–Crippen MR) is 98.3 cm³/mol. The molecule has 4 rings (SSSR count). The van der Waals surface area contributed by atoms with E-state index in [2.05, 4.69) is 5.32 Å². The van der Waals surface area contributed by atoms with E-state index in [0.29, 0.717) is 0 Å². The Hall–Kier alpha value is -3.55. The topological polar surface area (TPSA) is 52.6 Å². The summed E-state index contributed by atoms with van der Waals surface area (Å²) in [4.78, 5) is 13.5. The van der Waals surface area contributed by atoms with E-state index in [1.807, 2.05) is 0 Å². The summed E-state index contributed by atoms with van der Waals surface area (Å²) in [6, 6.07) is 12.4. The van der Waals surface area contributed by atoms with Crippen LogP contribution in [0, 0.1) is 23.3 Å². The number of para-hydroxylation sites is 2. The maximum Gasteiger partial charge on any atom is 0.355 e. The SMILES string of the molecule is O=C(O)C1(c2c(F)cccc2F)Nc2ccccc2N1Cc1c(F)cccc1F. The first kappa shape index (κ1) is 18.8. The van der Waals surface area contributed by atoms with Gasteiger partial charge in [0.2, 0.25) is 5.66 Å². The first-order valence-electron chi connectivity index (χ1n) is 8.62. The Morgan fingerprint density at radius 3 is 2.00 bits per heavy atom. The van der Waals surface area contributed by atoms with Crippen molar-refractivity contribution in [3.63, 3.8) is 0 Å². The van der Waals surface area contributed by atoms with Crippen molar-refractivity contribution < 1.29 is 27.5 Å². The number of halogens is 4. The smallest absolute Gasteiger partial charge is 0.355 e. The lowest BCUT2D eigenvalue weighted by molar-refractivity contribution is -0.142. The van der Waals surface area contributed by atoms with Gasteiger partial charge in [0.05, 0.1) is 23.5 Å². The molecule has 3 aromatic rings. The lowest BCUT2D eigenvalue weighted by Gasteiger charge is -2.37. The molecule has 1 aliphatic heterocycles. The van der Waals surface area contributed by atoms with Crippen molar-refractivity contribution in [1.82, 2.24) is 0 Å². The molecule has 0 aromatic heterocycles. The number of aliphatic carboxylic acids is 1. The molecule has 29 heavy (non-hydrogen) atoms. The summed E-state index contributed by atoms with van der Waals surface area (Å²) in [7, 11) is 0. The summed E-state index contributed by atoms with van der Waals surface area (Å²) in [5.74, 6) is -5.64. The van der Waals surface area contributed by atoms with Crippen LogP contribution in [0.1, 0.15) is 11.1 Å². The fraction of sp³-hybridized carbons (Fsp3) is 0.0952. The predicted octanol–water partition coefficient (Wildman–Crippen LogP) is 4.61. The number of nitrogens with one attached hydrogen (secondary N) is 1. The van der Waals surface area contributed by atoms with E-state index in [-0.39, 0.29) is 11.4 Å². The molecule has 2 N–H and O–H groups in total. The number of carbonyl (C=O) groups is 1. The number of hydrogen-bond acceptors (Lipinski definition) is 3. The normalized spacial score (nSPS) is 17.7. The number of fused-ring (bicyclic) bond motifs is 1. The highest BCUT2D eigenvalue weighted by Gasteiger charge is 2.54. The van der Waals surface area contributed by atoms with E-state index >= 15 is 0 Å². The number of rotatable bonds is 4. The summed E-state index contributed by atoms with van der Waals surface area (Å²) in [5, 5.41) is 12.8. The zero-order valence-corrected chi connectivity index (χ0v) is 14.8. The molecule has 0 amide bonds. The minimum Gasteiger partial charge on any atom is -0.478 e. The molecular weight excluding hydrogens is 388 g/mol. The maximum absolute atomic E-state index is 14.7. The van der Waals surface area contributed by atoms with E-state index < -0.39 is 52.6 Å². The zero-order chi connectivity index (χ0) is 20.8. The first-order valence-corrected chi connectivity index (χ1v) is 8.62. The largest absolute Gasteiger partial charge is 0.478 e. The molecule has 0 spiro atoms. The second-order valence-corrected chi connectivity index (χ2v) is 6.54. The van der Waals surface area contributed by atoms with Crippen LogP contribution in [0.2, 0.25) is 0 Å². The molecule has 1 atom stereocenters. The van der Waals surface area contributed by atoms with Crippen LogP contribution >= 0.6 is 0 Å².